The minimum Gasteiger partial charge on any atom is -0.327 e. The highest BCUT2D eigenvalue weighted by molar-refractivity contribution is 6.06. The zero-order valence-corrected chi connectivity index (χ0v) is 20.6. The Morgan fingerprint density at radius 2 is 1.57 bits per heavy atom. The molecule has 4 aromatic heterocycles. The molecule has 0 aromatic carbocycles. The first kappa shape index (κ1) is 21.2. The van der Waals surface area contributed by atoms with Gasteiger partial charge in [0.1, 0.15) is 28.4 Å². The maximum Gasteiger partial charge on any atom is 0.166 e. The first-order valence-electron chi connectivity index (χ1n) is 12.6. The number of pyridine rings is 2. The van der Waals surface area contributed by atoms with Crippen molar-refractivity contribution in [2.24, 2.45) is 9.98 Å². The molecule has 40 heavy (non-hydrogen) atoms. The number of nitrogens with zero attached hydrogens (tertiary/aromatic N) is 10. The highest BCUT2D eigenvalue weighted by atomic mass is 15.1. The molecule has 2 unspecified atom stereocenters. The Morgan fingerprint density at radius 3 is 2.58 bits per heavy atom. The Labute approximate surface area is 224 Å². The average Bonchev–Trinajstić information content (AvgIpc) is 3.73. The average molecular weight is 521 g/mol. The topological polar surface area (TPSA) is 159 Å². The maximum absolute atomic E-state index is 5.00. The van der Waals surface area contributed by atoms with E-state index in [1.165, 1.54) is 0 Å². The molecule has 12 heteroatoms. The van der Waals surface area contributed by atoms with Gasteiger partial charge in [-0.25, -0.2) is 29.9 Å². The fraction of sp³-hybridized carbons (Fsp3) is 0.0714. The minimum absolute atomic E-state index is 0.150. The van der Waals surface area contributed by atoms with E-state index in [-0.39, 0.29) is 11.8 Å². The molecule has 4 aromatic rings. The van der Waals surface area contributed by atoms with Gasteiger partial charge in [-0.1, -0.05) is 6.08 Å². The fourth-order valence-electron chi connectivity index (χ4n) is 5.45. The van der Waals surface area contributed by atoms with Crippen molar-refractivity contribution in [1.29, 1.82) is 0 Å². The second-order valence-electron chi connectivity index (χ2n) is 9.62. The number of aromatic nitrogens is 10. The Hall–Kier alpha value is -5.78. The van der Waals surface area contributed by atoms with E-state index in [0.29, 0.717) is 45.6 Å². The lowest BCUT2D eigenvalue weighted by Gasteiger charge is -2.10. The Bertz CT molecular complexity index is 2250. The van der Waals surface area contributed by atoms with E-state index in [2.05, 4.69) is 29.9 Å². The van der Waals surface area contributed by atoms with Crippen LogP contribution in [0, 0.1) is 0 Å². The van der Waals surface area contributed by atoms with Gasteiger partial charge < -0.3 is 9.97 Å². The van der Waals surface area contributed by atoms with Crippen molar-refractivity contribution < 1.29 is 0 Å². The summed E-state index contributed by atoms with van der Waals surface area (Å²) in [6.07, 6.45) is 18.0. The predicted molar refractivity (Wildman–Crippen MR) is 148 cm³/mol. The van der Waals surface area contributed by atoms with Gasteiger partial charge in [0.2, 0.25) is 0 Å². The fourth-order valence-corrected chi connectivity index (χ4v) is 5.45. The molecule has 0 saturated carbocycles. The summed E-state index contributed by atoms with van der Waals surface area (Å²) in [5.41, 5.74) is 5.82. The number of H-pyrrole nitrogens is 2. The van der Waals surface area contributed by atoms with Crippen LogP contribution in [0.1, 0.15) is 23.5 Å². The van der Waals surface area contributed by atoms with Crippen LogP contribution in [0.3, 0.4) is 0 Å². The van der Waals surface area contributed by atoms with Crippen molar-refractivity contribution in [3.05, 3.63) is 84.1 Å². The third kappa shape index (κ3) is 3.01. The molecule has 12 nitrogen and oxygen atoms in total. The molecule has 0 aliphatic carbocycles. The third-order valence-corrected chi connectivity index (χ3v) is 7.37. The van der Waals surface area contributed by atoms with Crippen molar-refractivity contribution in [3.8, 4) is 22.8 Å². The number of nitrogens with one attached hydrogen (secondary N) is 2. The molecule has 2 atom stereocenters. The molecular weight excluding hydrogens is 504 g/mol. The Balaban J connectivity index is 1.48. The Kier molecular flexibility index (Phi) is 4.17. The standard InChI is InChI=1S/C28H16N12/c1-5-29-9-17-13(1)21-33-25(17)38-22-15-3-7-31-11-19(15)27(35-22)40-24-16-4-8-32-12-20(16)28(36-24)39-23-14-2-6-30-10-18(14)26(34-23)37-21/h1-13,18H,(H,33,34,37)(H,35,36,38,39,40). The largest absolute Gasteiger partial charge is 0.327 e. The zero-order chi connectivity index (χ0) is 26.2. The molecule has 0 amide bonds. The smallest absolute Gasteiger partial charge is 0.166 e. The normalized spacial score (nSPS) is 19.0. The van der Waals surface area contributed by atoms with Crippen molar-refractivity contribution in [3.63, 3.8) is 0 Å². The van der Waals surface area contributed by atoms with Crippen LogP contribution in [-0.4, -0.2) is 62.3 Å². The lowest BCUT2D eigenvalue weighted by Crippen LogP contribution is -2.13. The number of hydrogen-bond acceptors (Lipinski definition) is 10. The predicted octanol–water partition coefficient (Wildman–Crippen LogP) is 1.96. The first-order chi connectivity index (χ1) is 19.8. The highest BCUT2D eigenvalue weighted by Gasteiger charge is 2.29. The summed E-state index contributed by atoms with van der Waals surface area (Å²) in [5.74, 6) is 1.95. The molecule has 8 bridgehead atoms. The molecule has 5 aliphatic rings. The summed E-state index contributed by atoms with van der Waals surface area (Å²) in [5, 5.41) is 1.68. The van der Waals surface area contributed by atoms with Gasteiger partial charge in [0, 0.05) is 82.7 Å². The monoisotopic (exact) mass is 520 g/mol. The van der Waals surface area contributed by atoms with Crippen LogP contribution < -0.4 is 11.0 Å². The van der Waals surface area contributed by atoms with Gasteiger partial charge in [-0.05, 0) is 18.2 Å². The van der Waals surface area contributed by atoms with Crippen LogP contribution >= 0.6 is 0 Å². The quantitative estimate of drug-likeness (QED) is 0.313. The molecule has 0 spiro atoms. The second kappa shape index (κ2) is 7.86. The molecule has 0 saturated heterocycles. The summed E-state index contributed by atoms with van der Waals surface area (Å²) < 4.78 is 0. The third-order valence-electron chi connectivity index (χ3n) is 7.37. The Morgan fingerprint density at radius 1 is 0.675 bits per heavy atom. The van der Waals surface area contributed by atoms with Gasteiger partial charge >= 0.3 is 0 Å². The summed E-state index contributed by atoms with van der Waals surface area (Å²) in [6, 6.07) is 3.80. The molecule has 5 aliphatic heterocycles. The molecule has 9 rings (SSSR count). The van der Waals surface area contributed by atoms with E-state index >= 15 is 0 Å². The van der Waals surface area contributed by atoms with Crippen LogP contribution in [0.2, 0.25) is 0 Å². The molecule has 0 fully saturated rings. The van der Waals surface area contributed by atoms with E-state index in [1.807, 2.05) is 30.5 Å². The molecule has 0 radical (unpaired) electrons. The van der Waals surface area contributed by atoms with Crippen LogP contribution in [0.4, 0.5) is 0 Å². The minimum atomic E-state index is -0.224. The lowest BCUT2D eigenvalue weighted by atomic mass is 9.99. The van der Waals surface area contributed by atoms with Crippen LogP contribution in [0.25, 0.3) is 56.0 Å². The molecule has 2 N–H and O–H groups in total. The van der Waals surface area contributed by atoms with Crippen LogP contribution in [0.15, 0.2) is 71.5 Å². The first-order valence-corrected chi connectivity index (χ1v) is 12.6. The number of fused-ring (bicyclic) bond motifs is 18. The summed E-state index contributed by atoms with van der Waals surface area (Å²) >= 11 is 0. The molecular formula is C28H16N12. The van der Waals surface area contributed by atoms with Crippen LogP contribution in [0.5, 0.6) is 0 Å². The van der Waals surface area contributed by atoms with Gasteiger partial charge in [0.05, 0.1) is 11.8 Å². The zero-order valence-electron chi connectivity index (χ0n) is 20.6. The molecule has 9 heterocycles. The van der Waals surface area contributed by atoms with Gasteiger partial charge in [-0.15, -0.1) is 0 Å². The SMILES string of the molecule is C1=CC2=c3nc(nc4[nH]c(nc5nc(nc6[nH]c(n3)c3cnccc63)-c3cnccc3-5)=C3C=NC=CC34)C2C=N1. The summed E-state index contributed by atoms with van der Waals surface area (Å²) in [6.45, 7) is 0. The van der Waals surface area contributed by atoms with Gasteiger partial charge in [0.15, 0.2) is 17.1 Å². The van der Waals surface area contributed by atoms with Crippen LogP contribution in [-0.2, 0) is 0 Å². The summed E-state index contributed by atoms with van der Waals surface area (Å²) in [7, 11) is 0. The summed E-state index contributed by atoms with van der Waals surface area (Å²) in [4.78, 5) is 53.7. The van der Waals surface area contributed by atoms with Gasteiger partial charge in [-0.3, -0.25) is 20.0 Å². The van der Waals surface area contributed by atoms with Gasteiger partial charge in [-0.2, -0.15) is 0 Å². The van der Waals surface area contributed by atoms with Crippen molar-refractivity contribution in [2.45, 2.75) is 11.8 Å². The molecule has 188 valence electrons. The maximum atomic E-state index is 5.00. The number of aliphatic imine (C=N–C) groups is 2. The lowest BCUT2D eigenvalue weighted by molar-refractivity contribution is 0.893. The van der Waals surface area contributed by atoms with E-state index in [4.69, 9.17) is 29.9 Å². The number of aromatic amines is 2. The number of allylic oxidation sites excluding steroid dienone is 2. The van der Waals surface area contributed by atoms with E-state index < -0.39 is 0 Å². The van der Waals surface area contributed by atoms with Crippen molar-refractivity contribution in [1.82, 2.24) is 49.8 Å². The van der Waals surface area contributed by atoms with E-state index in [9.17, 15) is 0 Å². The number of rotatable bonds is 0. The van der Waals surface area contributed by atoms with Crippen molar-refractivity contribution >= 4 is 45.6 Å². The second-order valence-corrected chi connectivity index (χ2v) is 9.62. The highest BCUT2D eigenvalue weighted by Crippen LogP contribution is 2.33. The van der Waals surface area contributed by atoms with Gasteiger partial charge in [0.25, 0.3) is 0 Å². The number of hydrogen-bond donors (Lipinski definition) is 2. The van der Waals surface area contributed by atoms with E-state index in [1.54, 1.807) is 43.4 Å². The van der Waals surface area contributed by atoms with Crippen molar-refractivity contribution in [2.75, 3.05) is 0 Å². The van der Waals surface area contributed by atoms with E-state index in [0.717, 1.165) is 33.0 Å².